The standard InChI is InChI=1S/C9H4ClF5O/c10-5-1-3-6(4-2-5)16-8(12)7(11)9(13,14)15/h1-4H/b8-7+. The molecule has 1 aromatic carbocycles. The van der Waals surface area contributed by atoms with Crippen molar-refractivity contribution in [1.82, 2.24) is 0 Å². The molecule has 1 nitrogen and oxygen atoms in total. The molecule has 1 rings (SSSR count). The zero-order chi connectivity index (χ0) is 12.3. The van der Waals surface area contributed by atoms with Gasteiger partial charge >= 0.3 is 12.2 Å². The maximum atomic E-state index is 12.6. The normalized spacial score (nSPS) is 13.4. The second-order valence-electron chi connectivity index (χ2n) is 2.64. The summed E-state index contributed by atoms with van der Waals surface area (Å²) < 4.78 is 64.0. The number of alkyl halides is 3. The molecule has 0 fully saturated rings. The van der Waals surface area contributed by atoms with Crippen LogP contribution in [0.3, 0.4) is 0 Å². The Balaban J connectivity index is 2.86. The average molecular weight is 259 g/mol. The highest BCUT2D eigenvalue weighted by Gasteiger charge is 2.39. The highest BCUT2D eigenvalue weighted by Crippen LogP contribution is 2.31. The fraction of sp³-hybridized carbons (Fsp3) is 0.111. The summed E-state index contributed by atoms with van der Waals surface area (Å²) in [5.41, 5.74) is 0. The molecule has 0 atom stereocenters. The summed E-state index contributed by atoms with van der Waals surface area (Å²) in [7, 11) is 0. The zero-order valence-electron chi connectivity index (χ0n) is 7.49. The van der Waals surface area contributed by atoms with Crippen LogP contribution in [0.25, 0.3) is 0 Å². The molecule has 0 saturated carbocycles. The summed E-state index contributed by atoms with van der Waals surface area (Å²) in [6, 6.07) is 2.39. The second kappa shape index (κ2) is 4.69. The van der Waals surface area contributed by atoms with Gasteiger partial charge in [-0.2, -0.15) is 22.0 Å². The lowest BCUT2D eigenvalue weighted by atomic mass is 10.3. The van der Waals surface area contributed by atoms with Crippen LogP contribution in [0.1, 0.15) is 0 Å². The molecule has 1 aromatic rings. The monoisotopic (exact) mass is 258 g/mol. The molecule has 0 aliphatic carbocycles. The second-order valence-corrected chi connectivity index (χ2v) is 3.08. The number of halogens is 6. The molecule has 88 valence electrons. The lowest BCUT2D eigenvalue weighted by Gasteiger charge is -2.06. The van der Waals surface area contributed by atoms with Gasteiger partial charge in [-0.1, -0.05) is 11.6 Å². The van der Waals surface area contributed by atoms with Crippen molar-refractivity contribution < 1.29 is 26.7 Å². The third kappa shape index (κ3) is 3.37. The first-order valence-electron chi connectivity index (χ1n) is 3.86. The summed E-state index contributed by atoms with van der Waals surface area (Å²) in [4.78, 5) is 0. The van der Waals surface area contributed by atoms with Crippen LogP contribution >= 0.6 is 11.6 Å². The first kappa shape index (κ1) is 12.8. The molecule has 0 N–H and O–H groups in total. The van der Waals surface area contributed by atoms with Crippen molar-refractivity contribution in [3.63, 3.8) is 0 Å². The lowest BCUT2D eigenvalue weighted by molar-refractivity contribution is -0.114. The van der Waals surface area contributed by atoms with Gasteiger partial charge in [0.15, 0.2) is 0 Å². The van der Waals surface area contributed by atoms with Crippen LogP contribution in [0.15, 0.2) is 36.1 Å². The molecule has 0 unspecified atom stereocenters. The van der Waals surface area contributed by atoms with Gasteiger partial charge in [0.2, 0.25) is 0 Å². The van der Waals surface area contributed by atoms with E-state index in [9.17, 15) is 22.0 Å². The highest BCUT2D eigenvalue weighted by atomic mass is 35.5. The molecule has 0 aliphatic heterocycles. The van der Waals surface area contributed by atoms with E-state index in [1.807, 2.05) is 0 Å². The van der Waals surface area contributed by atoms with E-state index in [1.54, 1.807) is 0 Å². The summed E-state index contributed by atoms with van der Waals surface area (Å²) in [6.07, 6.45) is -5.41. The van der Waals surface area contributed by atoms with Gasteiger partial charge in [0.25, 0.3) is 5.83 Å². The van der Waals surface area contributed by atoms with Crippen LogP contribution in [0.4, 0.5) is 22.0 Å². The number of allylic oxidation sites excluding steroid dienone is 1. The molecule has 0 heterocycles. The van der Waals surface area contributed by atoms with Crippen LogP contribution < -0.4 is 4.74 Å². The van der Waals surface area contributed by atoms with Crippen LogP contribution in [-0.4, -0.2) is 6.18 Å². The first-order chi connectivity index (χ1) is 7.30. The predicted molar refractivity (Wildman–Crippen MR) is 47.4 cm³/mol. The number of ether oxygens (including phenoxy) is 1. The van der Waals surface area contributed by atoms with Crippen molar-refractivity contribution >= 4 is 11.6 Å². The number of hydrogen-bond donors (Lipinski definition) is 0. The van der Waals surface area contributed by atoms with E-state index >= 15 is 0 Å². The Morgan fingerprint density at radius 1 is 1.06 bits per heavy atom. The Labute approximate surface area is 92.1 Å². The number of rotatable bonds is 2. The highest BCUT2D eigenvalue weighted by molar-refractivity contribution is 6.30. The van der Waals surface area contributed by atoms with E-state index in [0.29, 0.717) is 0 Å². The fourth-order valence-corrected chi connectivity index (χ4v) is 0.888. The summed E-state index contributed by atoms with van der Waals surface area (Å²) in [5, 5.41) is 0.285. The van der Waals surface area contributed by atoms with Crippen LogP contribution in [-0.2, 0) is 0 Å². The van der Waals surface area contributed by atoms with Gasteiger partial charge in [0.05, 0.1) is 0 Å². The summed E-state index contributed by atoms with van der Waals surface area (Å²) >= 11 is 5.47. The molecule has 0 saturated heterocycles. The van der Waals surface area contributed by atoms with Gasteiger partial charge in [-0.05, 0) is 24.3 Å². The predicted octanol–water partition coefficient (Wildman–Crippen LogP) is 4.39. The minimum atomic E-state index is -5.41. The van der Waals surface area contributed by atoms with Gasteiger partial charge in [0.1, 0.15) is 5.75 Å². The quantitative estimate of drug-likeness (QED) is 0.565. The van der Waals surface area contributed by atoms with Crippen LogP contribution in [0.2, 0.25) is 5.02 Å². The van der Waals surface area contributed by atoms with E-state index in [-0.39, 0.29) is 10.8 Å². The molecule has 0 amide bonds. The van der Waals surface area contributed by atoms with Gasteiger partial charge < -0.3 is 4.74 Å². The topological polar surface area (TPSA) is 9.23 Å². The minimum absolute atomic E-state index is 0.285. The Bertz CT molecular complexity index is 395. The Morgan fingerprint density at radius 3 is 2.00 bits per heavy atom. The SMILES string of the molecule is F/C(Oc1ccc(Cl)cc1)=C(\F)C(F)(F)F. The Kier molecular flexibility index (Phi) is 3.74. The molecule has 0 radical (unpaired) electrons. The summed E-state index contributed by atoms with van der Waals surface area (Å²) in [6.45, 7) is 0. The zero-order valence-corrected chi connectivity index (χ0v) is 8.24. The molecule has 0 aliphatic rings. The van der Waals surface area contributed by atoms with Crippen molar-refractivity contribution in [2.45, 2.75) is 6.18 Å². The summed E-state index contributed by atoms with van der Waals surface area (Å²) in [5.74, 6) is -3.20. The molecule has 0 aromatic heterocycles. The number of hydrogen-bond acceptors (Lipinski definition) is 1. The van der Waals surface area contributed by atoms with E-state index in [0.717, 1.165) is 12.1 Å². The molecule has 0 bridgehead atoms. The van der Waals surface area contributed by atoms with Gasteiger partial charge in [-0.15, -0.1) is 0 Å². The van der Waals surface area contributed by atoms with Gasteiger partial charge in [-0.25, -0.2) is 0 Å². The third-order valence-corrected chi connectivity index (χ3v) is 1.69. The van der Waals surface area contributed by atoms with E-state index in [4.69, 9.17) is 11.6 Å². The fourth-order valence-electron chi connectivity index (χ4n) is 0.762. The van der Waals surface area contributed by atoms with Crippen molar-refractivity contribution in [2.24, 2.45) is 0 Å². The van der Waals surface area contributed by atoms with E-state index in [1.165, 1.54) is 12.1 Å². The maximum absolute atomic E-state index is 12.6. The van der Waals surface area contributed by atoms with Crippen molar-refractivity contribution in [3.8, 4) is 5.75 Å². The van der Waals surface area contributed by atoms with Crippen molar-refractivity contribution in [2.75, 3.05) is 0 Å². The minimum Gasteiger partial charge on any atom is -0.430 e. The van der Waals surface area contributed by atoms with Crippen molar-refractivity contribution in [1.29, 1.82) is 0 Å². The number of benzene rings is 1. The average Bonchev–Trinajstić information content (AvgIpc) is 2.19. The molecule has 16 heavy (non-hydrogen) atoms. The third-order valence-electron chi connectivity index (χ3n) is 1.44. The first-order valence-corrected chi connectivity index (χ1v) is 4.24. The lowest BCUT2D eigenvalue weighted by Crippen LogP contribution is -2.11. The van der Waals surface area contributed by atoms with E-state index < -0.39 is 18.0 Å². The molecular formula is C9H4ClF5O. The van der Waals surface area contributed by atoms with Crippen LogP contribution in [0.5, 0.6) is 5.75 Å². The van der Waals surface area contributed by atoms with Gasteiger partial charge in [-0.3, -0.25) is 0 Å². The molecule has 7 heteroatoms. The Hall–Kier alpha value is -1.30. The molecule has 0 spiro atoms. The largest absolute Gasteiger partial charge is 0.449 e. The smallest absolute Gasteiger partial charge is 0.430 e. The van der Waals surface area contributed by atoms with Gasteiger partial charge in [0, 0.05) is 5.02 Å². The maximum Gasteiger partial charge on any atom is 0.449 e. The van der Waals surface area contributed by atoms with E-state index in [2.05, 4.69) is 4.74 Å². The molecular weight excluding hydrogens is 255 g/mol. The Morgan fingerprint density at radius 2 is 1.56 bits per heavy atom. The van der Waals surface area contributed by atoms with Crippen molar-refractivity contribution in [3.05, 3.63) is 41.1 Å². The van der Waals surface area contributed by atoms with Crippen LogP contribution in [0, 0.1) is 0 Å².